The lowest BCUT2D eigenvalue weighted by molar-refractivity contribution is 0.601. The van der Waals surface area contributed by atoms with Crippen LogP contribution in [-0.4, -0.2) is 24.9 Å². The summed E-state index contributed by atoms with van der Waals surface area (Å²) in [5.74, 6) is 0.344. The fraction of sp³-hybridized carbons (Fsp3) is 0.385. The first-order valence-electron chi connectivity index (χ1n) is 6.66. The molecule has 0 aliphatic heterocycles. The van der Waals surface area contributed by atoms with Crippen molar-refractivity contribution in [3.05, 3.63) is 28.9 Å². The molecule has 0 saturated carbocycles. The van der Waals surface area contributed by atoms with Crippen LogP contribution < -0.4 is 10.0 Å². The van der Waals surface area contributed by atoms with Crippen LogP contribution >= 0.6 is 11.3 Å². The van der Waals surface area contributed by atoms with Crippen LogP contribution in [-0.2, 0) is 16.4 Å². The second-order valence-electron chi connectivity index (χ2n) is 4.36. The highest BCUT2D eigenvalue weighted by atomic mass is 32.2. The maximum Gasteiger partial charge on any atom is 0.267 e. The fourth-order valence-corrected chi connectivity index (χ4v) is 4.15. The molecule has 0 aliphatic carbocycles. The standard InChI is InChI=1S/C13H18N4O2S2/c1-4-10-9(3)20-13(16-10)17-21(18,19)11-7-6-8-15-12(11)14-5-2/h6-8H,4-5H2,1-3H3,(H,14,15)(H,16,17). The molecule has 0 radical (unpaired) electrons. The van der Waals surface area contributed by atoms with Crippen molar-refractivity contribution in [3.63, 3.8) is 0 Å². The maximum absolute atomic E-state index is 12.5. The molecule has 0 amide bonds. The Bertz CT molecular complexity index is 726. The summed E-state index contributed by atoms with van der Waals surface area (Å²) < 4.78 is 27.5. The number of pyridine rings is 1. The molecular weight excluding hydrogens is 308 g/mol. The largest absolute Gasteiger partial charge is 0.369 e. The van der Waals surface area contributed by atoms with Crippen molar-refractivity contribution in [2.75, 3.05) is 16.6 Å². The van der Waals surface area contributed by atoms with E-state index in [-0.39, 0.29) is 4.90 Å². The van der Waals surface area contributed by atoms with E-state index >= 15 is 0 Å². The molecule has 0 spiro atoms. The summed E-state index contributed by atoms with van der Waals surface area (Å²) in [4.78, 5) is 9.51. The Morgan fingerprint density at radius 1 is 1.33 bits per heavy atom. The van der Waals surface area contributed by atoms with E-state index in [1.807, 2.05) is 20.8 Å². The van der Waals surface area contributed by atoms with Crippen LogP contribution in [0.3, 0.4) is 0 Å². The van der Waals surface area contributed by atoms with Gasteiger partial charge in [0.1, 0.15) is 10.7 Å². The number of hydrogen-bond acceptors (Lipinski definition) is 6. The first kappa shape index (κ1) is 15.7. The molecule has 0 aliphatic rings. The molecule has 2 N–H and O–H groups in total. The quantitative estimate of drug-likeness (QED) is 0.852. The number of aromatic nitrogens is 2. The second-order valence-corrected chi connectivity index (χ2v) is 7.22. The Morgan fingerprint density at radius 3 is 2.71 bits per heavy atom. The Kier molecular flexibility index (Phi) is 4.79. The number of aryl methyl sites for hydroxylation is 2. The fourth-order valence-electron chi connectivity index (χ4n) is 1.88. The zero-order valence-corrected chi connectivity index (χ0v) is 13.8. The van der Waals surface area contributed by atoms with Gasteiger partial charge >= 0.3 is 0 Å². The molecule has 0 unspecified atom stereocenters. The van der Waals surface area contributed by atoms with Gasteiger partial charge in [0.2, 0.25) is 0 Å². The van der Waals surface area contributed by atoms with Crippen LogP contribution in [0.1, 0.15) is 24.4 Å². The van der Waals surface area contributed by atoms with Crippen LogP contribution in [0.4, 0.5) is 10.9 Å². The number of rotatable bonds is 6. The van der Waals surface area contributed by atoms with Crippen LogP contribution in [0.25, 0.3) is 0 Å². The predicted octanol–water partition coefficient (Wildman–Crippen LogP) is 2.64. The smallest absolute Gasteiger partial charge is 0.267 e. The molecule has 8 heteroatoms. The molecule has 2 rings (SSSR count). The van der Waals surface area contributed by atoms with Crippen molar-refractivity contribution < 1.29 is 8.42 Å². The highest BCUT2D eigenvalue weighted by molar-refractivity contribution is 7.93. The molecular formula is C13H18N4O2S2. The molecule has 2 heterocycles. The summed E-state index contributed by atoms with van der Waals surface area (Å²) in [5.41, 5.74) is 0.913. The number of thiazole rings is 1. The van der Waals surface area contributed by atoms with Crippen LogP contribution in [0, 0.1) is 6.92 Å². The highest BCUT2D eigenvalue weighted by Gasteiger charge is 2.21. The zero-order chi connectivity index (χ0) is 15.5. The van der Waals surface area contributed by atoms with E-state index in [0.717, 1.165) is 17.0 Å². The lowest BCUT2D eigenvalue weighted by Gasteiger charge is -2.10. The summed E-state index contributed by atoms with van der Waals surface area (Å²) >= 11 is 1.34. The van der Waals surface area contributed by atoms with Crippen LogP contribution in [0.2, 0.25) is 0 Å². The minimum absolute atomic E-state index is 0.123. The molecule has 114 valence electrons. The summed E-state index contributed by atoms with van der Waals surface area (Å²) in [6.45, 7) is 6.40. The Labute approximate surface area is 128 Å². The van der Waals surface area contributed by atoms with Crippen LogP contribution in [0.5, 0.6) is 0 Å². The topological polar surface area (TPSA) is 84.0 Å². The van der Waals surface area contributed by atoms with Crippen molar-refractivity contribution in [1.29, 1.82) is 0 Å². The average molecular weight is 326 g/mol. The van der Waals surface area contributed by atoms with Crippen molar-refractivity contribution in [1.82, 2.24) is 9.97 Å². The van der Waals surface area contributed by atoms with Gasteiger partial charge in [-0.3, -0.25) is 4.72 Å². The predicted molar refractivity (Wildman–Crippen MR) is 85.4 cm³/mol. The zero-order valence-electron chi connectivity index (χ0n) is 12.2. The minimum Gasteiger partial charge on any atom is -0.369 e. The highest BCUT2D eigenvalue weighted by Crippen LogP contribution is 2.26. The Morgan fingerprint density at radius 2 is 2.10 bits per heavy atom. The molecule has 0 fully saturated rings. The minimum atomic E-state index is -3.70. The number of nitrogens with one attached hydrogen (secondary N) is 2. The molecule has 2 aromatic rings. The summed E-state index contributed by atoms with van der Waals surface area (Å²) in [6.07, 6.45) is 2.33. The Hall–Kier alpha value is -1.67. The normalized spacial score (nSPS) is 11.4. The van der Waals surface area contributed by atoms with Gasteiger partial charge in [-0.2, -0.15) is 0 Å². The molecule has 21 heavy (non-hydrogen) atoms. The molecule has 2 aromatic heterocycles. The lowest BCUT2D eigenvalue weighted by atomic mass is 10.3. The van der Waals surface area contributed by atoms with Gasteiger partial charge < -0.3 is 5.32 Å². The van der Waals surface area contributed by atoms with Crippen molar-refractivity contribution >= 4 is 32.3 Å². The first-order chi connectivity index (χ1) is 9.97. The van der Waals surface area contributed by atoms with E-state index < -0.39 is 10.0 Å². The maximum atomic E-state index is 12.5. The van der Waals surface area contributed by atoms with Gasteiger partial charge in [-0.05, 0) is 32.4 Å². The van der Waals surface area contributed by atoms with Crippen molar-refractivity contribution in [2.24, 2.45) is 0 Å². The van der Waals surface area contributed by atoms with E-state index in [0.29, 0.717) is 17.5 Å². The second kappa shape index (κ2) is 6.40. The molecule has 0 aromatic carbocycles. The SMILES string of the molecule is CCNc1ncccc1S(=O)(=O)Nc1nc(CC)c(C)s1. The van der Waals surface area contributed by atoms with Gasteiger partial charge in [0.05, 0.1) is 5.69 Å². The molecule has 0 atom stereocenters. The monoisotopic (exact) mass is 326 g/mol. The summed E-state index contributed by atoms with van der Waals surface area (Å²) in [7, 11) is -3.70. The van der Waals surface area contributed by atoms with Crippen molar-refractivity contribution in [3.8, 4) is 0 Å². The number of hydrogen-bond donors (Lipinski definition) is 2. The van der Waals surface area contributed by atoms with E-state index in [4.69, 9.17) is 0 Å². The van der Waals surface area contributed by atoms with Gasteiger partial charge in [0, 0.05) is 17.6 Å². The molecule has 0 saturated heterocycles. The van der Waals surface area contributed by atoms with Gasteiger partial charge in [-0.25, -0.2) is 18.4 Å². The van der Waals surface area contributed by atoms with Gasteiger partial charge in [0.25, 0.3) is 10.0 Å². The third-order valence-corrected chi connectivity index (χ3v) is 5.28. The van der Waals surface area contributed by atoms with Gasteiger partial charge in [-0.15, -0.1) is 11.3 Å². The van der Waals surface area contributed by atoms with Crippen LogP contribution in [0.15, 0.2) is 23.2 Å². The summed E-state index contributed by atoms with van der Waals surface area (Å²) in [6, 6.07) is 3.12. The third kappa shape index (κ3) is 3.51. The Balaban J connectivity index is 2.34. The number of sulfonamides is 1. The van der Waals surface area contributed by atoms with Crippen molar-refractivity contribution in [2.45, 2.75) is 32.1 Å². The summed E-state index contributed by atoms with van der Waals surface area (Å²) in [5, 5.41) is 3.33. The van der Waals surface area contributed by atoms with E-state index in [1.54, 1.807) is 12.3 Å². The number of nitrogens with zero attached hydrogens (tertiary/aromatic N) is 2. The first-order valence-corrected chi connectivity index (χ1v) is 8.96. The van der Waals surface area contributed by atoms with E-state index in [9.17, 15) is 8.42 Å². The molecule has 0 bridgehead atoms. The number of anilines is 2. The molecule has 6 nitrogen and oxygen atoms in total. The van der Waals surface area contributed by atoms with Gasteiger partial charge in [0.15, 0.2) is 5.13 Å². The third-order valence-electron chi connectivity index (χ3n) is 2.85. The van der Waals surface area contributed by atoms with E-state index in [1.165, 1.54) is 17.4 Å². The average Bonchev–Trinajstić information content (AvgIpc) is 2.78. The van der Waals surface area contributed by atoms with Gasteiger partial charge in [-0.1, -0.05) is 6.92 Å². The van der Waals surface area contributed by atoms with E-state index in [2.05, 4.69) is 20.0 Å². The lowest BCUT2D eigenvalue weighted by Crippen LogP contribution is -2.16.